The number of carbonyl (C=O) groups is 2. The van der Waals surface area contributed by atoms with E-state index in [4.69, 9.17) is 27.2 Å². The number of phenols is 1. The Bertz CT molecular complexity index is 855. The molecule has 2 aromatic rings. The highest BCUT2D eigenvalue weighted by molar-refractivity contribution is 6.33. The number of ether oxygens (including phenoxy) is 1. The molecule has 0 saturated heterocycles. The van der Waals surface area contributed by atoms with Crippen LogP contribution in [0.3, 0.4) is 0 Å². The summed E-state index contributed by atoms with van der Waals surface area (Å²) >= 11 is 5.95. The van der Waals surface area contributed by atoms with Crippen LogP contribution in [0.5, 0.6) is 11.5 Å². The van der Waals surface area contributed by atoms with E-state index < -0.39 is 0 Å². The molecular weight excluding hydrogens is 420 g/mol. The van der Waals surface area contributed by atoms with Crippen LogP contribution in [0, 0.1) is 0 Å². The first-order valence-electron chi connectivity index (χ1n) is 9.91. The SMILES string of the molecule is CC(=O)Nc1ccc(O)cc1.CCN(CC)CCNC(=O)c1cc(Cl)c(N)cc1OC. The molecule has 9 heteroatoms. The summed E-state index contributed by atoms with van der Waals surface area (Å²) in [5.41, 5.74) is 7.17. The van der Waals surface area contributed by atoms with Crippen molar-refractivity contribution in [3.05, 3.63) is 47.0 Å². The van der Waals surface area contributed by atoms with Crippen LogP contribution in [-0.4, -0.2) is 55.1 Å². The zero-order valence-corrected chi connectivity index (χ0v) is 19.1. The minimum atomic E-state index is -0.212. The summed E-state index contributed by atoms with van der Waals surface area (Å²) in [5.74, 6) is 0.290. The number of methoxy groups -OCH3 is 1. The lowest BCUT2D eigenvalue weighted by Gasteiger charge is -2.18. The largest absolute Gasteiger partial charge is 0.508 e. The molecule has 0 unspecified atom stereocenters. The topological polar surface area (TPSA) is 117 Å². The van der Waals surface area contributed by atoms with Crippen LogP contribution in [0.15, 0.2) is 36.4 Å². The van der Waals surface area contributed by atoms with Gasteiger partial charge in [0.1, 0.15) is 11.5 Å². The van der Waals surface area contributed by atoms with Crippen LogP contribution in [0.2, 0.25) is 5.02 Å². The number of halogens is 1. The van der Waals surface area contributed by atoms with Crippen molar-refractivity contribution in [3.8, 4) is 11.5 Å². The molecule has 2 rings (SSSR count). The molecule has 0 atom stereocenters. The van der Waals surface area contributed by atoms with E-state index in [2.05, 4.69) is 29.4 Å². The van der Waals surface area contributed by atoms with Crippen LogP contribution in [0.25, 0.3) is 0 Å². The van der Waals surface area contributed by atoms with E-state index in [1.165, 1.54) is 32.2 Å². The standard InChI is InChI=1S/C14H22ClN3O2.C8H9NO2/c1-4-18(5-2)7-6-17-14(19)10-8-11(15)12(16)9-13(10)20-3;1-6(10)9-7-2-4-8(11)5-3-7/h8-9H,4-7,16H2,1-3H3,(H,17,19);2-5,11H,1H3,(H,9,10). The first kappa shape index (κ1) is 26.1. The third kappa shape index (κ3) is 9.15. The van der Waals surface area contributed by atoms with E-state index in [1.54, 1.807) is 18.2 Å². The molecule has 0 radical (unpaired) electrons. The predicted octanol–water partition coefficient (Wildman–Crippen LogP) is 3.35. The molecular formula is C22H31ClN4O4. The van der Waals surface area contributed by atoms with E-state index in [0.717, 1.165) is 19.6 Å². The van der Waals surface area contributed by atoms with Crippen LogP contribution in [0.1, 0.15) is 31.1 Å². The molecule has 31 heavy (non-hydrogen) atoms. The Hall–Kier alpha value is -2.97. The van der Waals surface area contributed by atoms with Crippen molar-refractivity contribution < 1.29 is 19.4 Å². The smallest absolute Gasteiger partial charge is 0.255 e. The Morgan fingerprint density at radius 1 is 1.16 bits per heavy atom. The number of phenolic OH excluding ortho intramolecular Hbond substituents is 1. The second-order valence-electron chi connectivity index (χ2n) is 6.58. The van der Waals surface area contributed by atoms with E-state index in [1.807, 2.05) is 0 Å². The predicted molar refractivity (Wildman–Crippen MR) is 125 cm³/mol. The number of amides is 2. The monoisotopic (exact) mass is 450 g/mol. The molecule has 0 aliphatic heterocycles. The summed E-state index contributed by atoms with van der Waals surface area (Å²) in [5, 5.41) is 14.7. The first-order valence-corrected chi connectivity index (χ1v) is 10.3. The van der Waals surface area contributed by atoms with Gasteiger partial charge in [-0.15, -0.1) is 0 Å². The van der Waals surface area contributed by atoms with Crippen molar-refractivity contribution in [1.82, 2.24) is 10.2 Å². The number of hydrogen-bond acceptors (Lipinski definition) is 6. The Labute approximate surface area is 188 Å². The zero-order valence-electron chi connectivity index (χ0n) is 18.4. The number of benzene rings is 2. The second-order valence-corrected chi connectivity index (χ2v) is 6.99. The number of anilines is 2. The molecule has 0 spiro atoms. The highest BCUT2D eigenvalue weighted by Crippen LogP contribution is 2.28. The van der Waals surface area contributed by atoms with Gasteiger partial charge in [0.25, 0.3) is 5.91 Å². The van der Waals surface area contributed by atoms with E-state index in [9.17, 15) is 9.59 Å². The van der Waals surface area contributed by atoms with Crippen molar-refractivity contribution in [1.29, 1.82) is 0 Å². The summed E-state index contributed by atoms with van der Waals surface area (Å²) in [6, 6.07) is 9.40. The maximum Gasteiger partial charge on any atom is 0.255 e. The van der Waals surface area contributed by atoms with Gasteiger partial charge in [0.2, 0.25) is 5.91 Å². The van der Waals surface area contributed by atoms with Crippen molar-refractivity contribution in [2.75, 3.05) is 44.3 Å². The minimum absolute atomic E-state index is 0.115. The molecule has 0 saturated carbocycles. The third-order valence-electron chi connectivity index (χ3n) is 4.36. The van der Waals surface area contributed by atoms with Gasteiger partial charge in [0.05, 0.1) is 23.4 Å². The fourth-order valence-corrected chi connectivity index (χ4v) is 2.79. The second kappa shape index (κ2) is 13.4. The molecule has 0 bridgehead atoms. The van der Waals surface area contributed by atoms with Crippen molar-refractivity contribution in [2.45, 2.75) is 20.8 Å². The van der Waals surface area contributed by atoms with Gasteiger partial charge in [0.15, 0.2) is 0 Å². The van der Waals surface area contributed by atoms with Crippen LogP contribution in [-0.2, 0) is 4.79 Å². The summed E-state index contributed by atoms with van der Waals surface area (Å²) < 4.78 is 5.16. The van der Waals surface area contributed by atoms with E-state index >= 15 is 0 Å². The molecule has 170 valence electrons. The number of rotatable bonds is 8. The van der Waals surface area contributed by atoms with Gasteiger partial charge >= 0.3 is 0 Å². The Kier molecular flexibility index (Phi) is 11.2. The summed E-state index contributed by atoms with van der Waals surface area (Å²) in [7, 11) is 1.50. The van der Waals surface area contributed by atoms with Crippen molar-refractivity contribution in [2.24, 2.45) is 0 Å². The van der Waals surface area contributed by atoms with Crippen LogP contribution < -0.4 is 21.1 Å². The number of nitrogens with two attached hydrogens (primary N) is 1. The quantitative estimate of drug-likeness (QED) is 0.362. The maximum atomic E-state index is 12.1. The zero-order chi connectivity index (χ0) is 23.4. The Morgan fingerprint density at radius 2 is 1.77 bits per heavy atom. The van der Waals surface area contributed by atoms with Gasteiger partial charge in [0, 0.05) is 31.8 Å². The normalized spacial score (nSPS) is 10.1. The number of nitrogen functional groups attached to an aromatic ring is 1. The Balaban J connectivity index is 0.000000367. The first-order chi connectivity index (χ1) is 14.7. The lowest BCUT2D eigenvalue weighted by molar-refractivity contribution is -0.114. The van der Waals surface area contributed by atoms with Gasteiger partial charge in [-0.3, -0.25) is 9.59 Å². The number of carbonyl (C=O) groups excluding carboxylic acids is 2. The Morgan fingerprint density at radius 3 is 2.29 bits per heavy atom. The lowest BCUT2D eigenvalue weighted by atomic mass is 10.1. The third-order valence-corrected chi connectivity index (χ3v) is 4.69. The number of hydrogen-bond donors (Lipinski definition) is 4. The molecule has 0 aliphatic carbocycles. The highest BCUT2D eigenvalue weighted by atomic mass is 35.5. The number of aromatic hydroxyl groups is 1. The van der Waals surface area contributed by atoms with Gasteiger partial charge < -0.3 is 31.1 Å². The molecule has 0 fully saturated rings. The molecule has 0 aromatic heterocycles. The van der Waals surface area contributed by atoms with Gasteiger partial charge in [-0.2, -0.15) is 0 Å². The molecule has 2 aromatic carbocycles. The molecule has 0 heterocycles. The van der Waals surface area contributed by atoms with Gasteiger partial charge in [-0.1, -0.05) is 25.4 Å². The fraction of sp³-hybridized carbons (Fsp3) is 0.364. The summed E-state index contributed by atoms with van der Waals surface area (Å²) in [6.07, 6.45) is 0. The molecule has 0 aliphatic rings. The molecule has 2 amide bonds. The summed E-state index contributed by atoms with van der Waals surface area (Å²) in [4.78, 5) is 24.9. The van der Waals surface area contributed by atoms with Crippen LogP contribution in [0.4, 0.5) is 11.4 Å². The number of nitrogens with one attached hydrogen (secondary N) is 2. The van der Waals surface area contributed by atoms with Crippen LogP contribution >= 0.6 is 11.6 Å². The lowest BCUT2D eigenvalue weighted by Crippen LogP contribution is -2.34. The van der Waals surface area contributed by atoms with Crippen molar-refractivity contribution in [3.63, 3.8) is 0 Å². The average molecular weight is 451 g/mol. The van der Waals surface area contributed by atoms with Gasteiger partial charge in [-0.05, 0) is 43.4 Å². The average Bonchev–Trinajstić information content (AvgIpc) is 2.74. The minimum Gasteiger partial charge on any atom is -0.508 e. The van der Waals surface area contributed by atoms with E-state index in [0.29, 0.717) is 34.3 Å². The van der Waals surface area contributed by atoms with Gasteiger partial charge in [-0.25, -0.2) is 0 Å². The highest BCUT2D eigenvalue weighted by Gasteiger charge is 2.14. The molecule has 5 N–H and O–H groups in total. The fourth-order valence-electron chi connectivity index (χ4n) is 2.63. The maximum absolute atomic E-state index is 12.1. The van der Waals surface area contributed by atoms with E-state index in [-0.39, 0.29) is 17.6 Å². The summed E-state index contributed by atoms with van der Waals surface area (Å²) in [6.45, 7) is 8.93. The number of nitrogens with zero attached hydrogens (tertiary/aromatic N) is 1. The molecule has 8 nitrogen and oxygen atoms in total. The van der Waals surface area contributed by atoms with Crippen molar-refractivity contribution >= 4 is 34.8 Å². The number of likely N-dealkylation sites (N-methyl/N-ethyl adjacent to an activating group) is 1.